The van der Waals surface area contributed by atoms with E-state index in [-0.39, 0.29) is 6.09 Å². The Labute approximate surface area is 151 Å². The molecule has 1 fully saturated rings. The van der Waals surface area contributed by atoms with Gasteiger partial charge in [0.25, 0.3) is 0 Å². The molecule has 0 unspecified atom stereocenters. The molecule has 0 bridgehead atoms. The summed E-state index contributed by atoms with van der Waals surface area (Å²) in [6.07, 6.45) is 7.91. The van der Waals surface area contributed by atoms with Crippen molar-refractivity contribution in [2.45, 2.75) is 34.6 Å². The third-order valence-electron chi connectivity index (χ3n) is 4.46. The average Bonchev–Trinajstić information content (AvgIpc) is 2.62. The van der Waals surface area contributed by atoms with E-state index in [2.05, 4.69) is 42.1 Å². The highest BCUT2D eigenvalue weighted by atomic mass is 16.6. The molecule has 0 atom stereocenters. The van der Waals surface area contributed by atoms with Crippen LogP contribution in [0.4, 0.5) is 4.79 Å². The van der Waals surface area contributed by atoms with Crippen LogP contribution in [0.25, 0.3) is 0 Å². The predicted molar refractivity (Wildman–Crippen MR) is 101 cm³/mol. The fourth-order valence-electron chi connectivity index (χ4n) is 3.21. The summed E-state index contributed by atoms with van der Waals surface area (Å²) in [6, 6.07) is 0. The van der Waals surface area contributed by atoms with Gasteiger partial charge < -0.3 is 14.5 Å². The highest BCUT2D eigenvalue weighted by molar-refractivity contribution is 5.75. The minimum atomic E-state index is -0.217. The first-order valence-electron chi connectivity index (χ1n) is 9.07. The second-order valence-corrected chi connectivity index (χ2v) is 6.34. The first-order chi connectivity index (χ1) is 12.0. The van der Waals surface area contributed by atoms with Gasteiger partial charge in [0.1, 0.15) is 0 Å². The molecule has 2 aliphatic rings. The molecule has 25 heavy (non-hydrogen) atoms. The number of piperazine rings is 1. The Bertz CT molecular complexity index is 597. The minimum Gasteiger partial charge on any atom is -0.450 e. The van der Waals surface area contributed by atoms with E-state index in [0.717, 1.165) is 24.5 Å². The van der Waals surface area contributed by atoms with Gasteiger partial charge in [-0.1, -0.05) is 26.0 Å². The lowest BCUT2D eigenvalue weighted by molar-refractivity contribution is 0.0865. The van der Waals surface area contributed by atoms with Crippen molar-refractivity contribution in [3.63, 3.8) is 0 Å². The Hall–Kier alpha value is -2.24. The van der Waals surface area contributed by atoms with Crippen LogP contribution in [0.1, 0.15) is 34.6 Å². The first-order valence-corrected chi connectivity index (χ1v) is 9.07. The SMILES string of the molecule is CC=C(C(C)C)N1N=CC=C(N2CCN(C(=O)OCC)CC2)/C1=C/C. The van der Waals surface area contributed by atoms with E-state index >= 15 is 0 Å². The summed E-state index contributed by atoms with van der Waals surface area (Å²) in [6.45, 7) is 13.6. The van der Waals surface area contributed by atoms with Crippen LogP contribution < -0.4 is 0 Å². The lowest BCUT2D eigenvalue weighted by atomic mass is 10.1. The number of rotatable bonds is 4. The van der Waals surface area contributed by atoms with Crippen molar-refractivity contribution in [2.24, 2.45) is 11.0 Å². The summed E-state index contributed by atoms with van der Waals surface area (Å²) >= 11 is 0. The standard InChI is InChI=1S/C19H30N4O2/c1-6-16(15(4)5)23-17(7-2)18(9-10-20-23)21-11-13-22(14-12-21)19(24)25-8-3/h6-7,9-10,15H,8,11-14H2,1-5H3/b16-6?,17-7-. The Kier molecular flexibility index (Phi) is 6.67. The second kappa shape index (κ2) is 8.74. The van der Waals surface area contributed by atoms with E-state index in [1.54, 1.807) is 4.90 Å². The van der Waals surface area contributed by atoms with E-state index in [9.17, 15) is 4.79 Å². The maximum atomic E-state index is 11.9. The maximum Gasteiger partial charge on any atom is 0.409 e. The molecule has 0 aromatic carbocycles. The lowest BCUT2D eigenvalue weighted by Crippen LogP contribution is -2.49. The molecule has 0 spiro atoms. The Balaban J connectivity index is 2.11. The van der Waals surface area contributed by atoms with E-state index in [1.165, 1.54) is 5.70 Å². The average molecular weight is 346 g/mol. The van der Waals surface area contributed by atoms with Crippen molar-refractivity contribution in [1.82, 2.24) is 14.8 Å². The van der Waals surface area contributed by atoms with Crippen LogP contribution in [0.3, 0.4) is 0 Å². The minimum absolute atomic E-state index is 0.217. The van der Waals surface area contributed by atoms with Gasteiger partial charge in [0.2, 0.25) is 0 Å². The van der Waals surface area contributed by atoms with Gasteiger partial charge in [-0.3, -0.25) is 0 Å². The second-order valence-electron chi connectivity index (χ2n) is 6.34. The Morgan fingerprint density at radius 3 is 2.48 bits per heavy atom. The zero-order chi connectivity index (χ0) is 18.4. The quantitative estimate of drug-likeness (QED) is 0.783. The van der Waals surface area contributed by atoms with Gasteiger partial charge in [0.05, 0.1) is 18.0 Å². The molecule has 6 nitrogen and oxygen atoms in total. The molecule has 0 radical (unpaired) electrons. The number of hydrogen-bond donors (Lipinski definition) is 0. The smallest absolute Gasteiger partial charge is 0.409 e. The fourth-order valence-corrected chi connectivity index (χ4v) is 3.21. The number of allylic oxidation sites excluding steroid dienone is 4. The summed E-state index contributed by atoms with van der Waals surface area (Å²) in [5.41, 5.74) is 3.43. The van der Waals surface area contributed by atoms with E-state index in [0.29, 0.717) is 25.6 Å². The van der Waals surface area contributed by atoms with Crippen molar-refractivity contribution in [2.75, 3.05) is 32.8 Å². The van der Waals surface area contributed by atoms with Gasteiger partial charge in [0.15, 0.2) is 0 Å². The molecule has 0 aliphatic carbocycles. The van der Waals surface area contributed by atoms with Crippen molar-refractivity contribution < 1.29 is 9.53 Å². The summed E-state index contributed by atoms with van der Waals surface area (Å²) in [5.74, 6) is 0.386. The molecular formula is C19H30N4O2. The van der Waals surface area contributed by atoms with Gasteiger partial charge in [0, 0.05) is 38.1 Å². The molecule has 138 valence electrons. The third-order valence-corrected chi connectivity index (χ3v) is 4.46. The fraction of sp³-hybridized carbons (Fsp3) is 0.579. The third kappa shape index (κ3) is 4.24. The van der Waals surface area contributed by atoms with Gasteiger partial charge in [-0.05, 0) is 32.8 Å². The summed E-state index contributed by atoms with van der Waals surface area (Å²) in [7, 11) is 0. The predicted octanol–water partition coefficient (Wildman–Crippen LogP) is 3.41. The number of hydrazone groups is 1. The highest BCUT2D eigenvalue weighted by Crippen LogP contribution is 2.30. The van der Waals surface area contributed by atoms with Crippen LogP contribution in [0.5, 0.6) is 0 Å². The highest BCUT2D eigenvalue weighted by Gasteiger charge is 2.28. The molecule has 2 aliphatic heterocycles. The molecule has 2 rings (SSSR count). The van der Waals surface area contributed by atoms with Crippen LogP contribution in [-0.2, 0) is 4.74 Å². The van der Waals surface area contributed by atoms with Crippen LogP contribution in [0.15, 0.2) is 40.4 Å². The van der Waals surface area contributed by atoms with Gasteiger partial charge >= 0.3 is 6.09 Å². The van der Waals surface area contributed by atoms with E-state index < -0.39 is 0 Å². The van der Waals surface area contributed by atoms with Gasteiger partial charge in [-0.25, -0.2) is 9.80 Å². The number of carbonyl (C=O) groups is 1. The normalized spacial score (nSPS) is 20.4. The molecule has 1 saturated heterocycles. The molecule has 0 aromatic heterocycles. The van der Waals surface area contributed by atoms with Crippen molar-refractivity contribution in [1.29, 1.82) is 0 Å². The number of nitrogens with zero attached hydrogens (tertiary/aromatic N) is 4. The summed E-state index contributed by atoms with van der Waals surface area (Å²) in [4.78, 5) is 16.0. The molecule has 6 heteroatoms. The van der Waals surface area contributed by atoms with Crippen LogP contribution >= 0.6 is 0 Å². The molecule has 2 heterocycles. The molecule has 0 N–H and O–H groups in total. The molecular weight excluding hydrogens is 316 g/mol. The number of amides is 1. The van der Waals surface area contributed by atoms with Crippen LogP contribution in [0, 0.1) is 5.92 Å². The molecule has 0 aromatic rings. The Morgan fingerprint density at radius 1 is 1.28 bits per heavy atom. The lowest BCUT2D eigenvalue weighted by Gasteiger charge is -2.40. The largest absolute Gasteiger partial charge is 0.450 e. The molecule has 0 saturated carbocycles. The van der Waals surface area contributed by atoms with Gasteiger partial charge in [-0.15, -0.1) is 0 Å². The summed E-state index contributed by atoms with van der Waals surface area (Å²) in [5, 5.41) is 6.60. The number of hydrogen-bond acceptors (Lipinski definition) is 5. The topological polar surface area (TPSA) is 48.4 Å². The summed E-state index contributed by atoms with van der Waals surface area (Å²) < 4.78 is 5.10. The first kappa shape index (κ1) is 19.1. The van der Waals surface area contributed by atoms with Crippen LogP contribution in [-0.4, -0.2) is 59.9 Å². The van der Waals surface area contributed by atoms with Gasteiger partial charge in [-0.2, -0.15) is 5.10 Å². The Morgan fingerprint density at radius 2 is 1.96 bits per heavy atom. The number of ether oxygens (including phenoxy) is 1. The zero-order valence-electron chi connectivity index (χ0n) is 16.0. The van der Waals surface area contributed by atoms with Crippen molar-refractivity contribution >= 4 is 12.3 Å². The van der Waals surface area contributed by atoms with Crippen molar-refractivity contribution in [3.05, 3.63) is 35.3 Å². The van der Waals surface area contributed by atoms with Crippen molar-refractivity contribution in [3.8, 4) is 0 Å². The molecule has 1 amide bonds. The van der Waals surface area contributed by atoms with E-state index in [1.807, 2.05) is 32.0 Å². The van der Waals surface area contributed by atoms with E-state index in [4.69, 9.17) is 4.74 Å². The maximum absolute atomic E-state index is 11.9. The number of carbonyl (C=O) groups excluding carboxylic acids is 1. The zero-order valence-corrected chi connectivity index (χ0v) is 16.0. The monoisotopic (exact) mass is 346 g/mol. The van der Waals surface area contributed by atoms with Crippen LogP contribution in [0.2, 0.25) is 0 Å².